The molecule has 0 aliphatic rings. The van der Waals surface area contributed by atoms with E-state index in [0.29, 0.717) is 45.8 Å². The summed E-state index contributed by atoms with van der Waals surface area (Å²) in [6.07, 6.45) is 1.32. The second kappa shape index (κ2) is 10.6. The highest BCUT2D eigenvalue weighted by Crippen LogP contribution is 2.26. The lowest BCUT2D eigenvalue weighted by molar-refractivity contribution is 0.0505. The van der Waals surface area contributed by atoms with E-state index in [1.807, 2.05) is 18.2 Å². The van der Waals surface area contributed by atoms with Crippen LogP contribution in [0, 0.1) is 0 Å². The fraction of sp³-hybridized carbons (Fsp3) is 0.120. The molecule has 5 N–H and O–H groups in total. The van der Waals surface area contributed by atoms with Crippen LogP contribution in [0.1, 0.15) is 31.8 Å². The van der Waals surface area contributed by atoms with Crippen LogP contribution in [-0.2, 0) is 18.0 Å². The van der Waals surface area contributed by atoms with Gasteiger partial charge in [0.05, 0.1) is 24.8 Å². The molecule has 0 unspecified atom stereocenters. The maximum Gasteiger partial charge on any atom is 0.358 e. The van der Waals surface area contributed by atoms with Crippen molar-refractivity contribution in [2.75, 3.05) is 17.7 Å². The first-order valence-electron chi connectivity index (χ1n) is 10.6. The summed E-state index contributed by atoms with van der Waals surface area (Å²) in [5.41, 5.74) is 2.98. The Labute approximate surface area is 200 Å². The van der Waals surface area contributed by atoms with Crippen LogP contribution in [0.15, 0.2) is 67.0 Å². The van der Waals surface area contributed by atoms with E-state index in [-0.39, 0.29) is 18.1 Å². The van der Waals surface area contributed by atoms with Gasteiger partial charge in [0.1, 0.15) is 17.9 Å². The first kappa shape index (κ1) is 23.6. The third kappa shape index (κ3) is 5.35. The number of carbonyl (C=O) groups excluding carboxylic acids is 2. The highest BCUT2D eigenvalue weighted by molar-refractivity contribution is 6.06. The minimum absolute atomic E-state index is 0.128. The summed E-state index contributed by atoms with van der Waals surface area (Å²) in [6.45, 7) is 0.0868. The van der Waals surface area contributed by atoms with Crippen molar-refractivity contribution in [3.05, 3.63) is 89.2 Å². The summed E-state index contributed by atoms with van der Waals surface area (Å²) in [5, 5.41) is 16.2. The number of aromatic nitrogens is 2. The number of ether oxygens (including phenoxy) is 1. The van der Waals surface area contributed by atoms with Crippen molar-refractivity contribution in [3.63, 3.8) is 0 Å². The van der Waals surface area contributed by atoms with Crippen molar-refractivity contribution in [1.82, 2.24) is 9.97 Å². The molecule has 0 atom stereocenters. The molecule has 0 spiro atoms. The van der Waals surface area contributed by atoms with Crippen LogP contribution < -0.4 is 21.3 Å². The van der Waals surface area contributed by atoms with Crippen LogP contribution in [0.4, 0.5) is 11.5 Å². The molecule has 0 saturated heterocycles. The molecule has 0 aliphatic heterocycles. The molecule has 0 saturated carbocycles. The number of nitrogens with one attached hydrogen (secondary N) is 2. The fourth-order valence-corrected chi connectivity index (χ4v) is 3.57. The van der Waals surface area contributed by atoms with Crippen molar-refractivity contribution in [2.24, 2.45) is 5.90 Å². The molecule has 0 aliphatic carbocycles. The second-order valence-electron chi connectivity index (χ2n) is 7.56. The van der Waals surface area contributed by atoms with E-state index in [1.54, 1.807) is 43.5 Å². The first-order chi connectivity index (χ1) is 17.0. The van der Waals surface area contributed by atoms with Crippen LogP contribution >= 0.6 is 0 Å². The summed E-state index contributed by atoms with van der Waals surface area (Å²) < 4.78 is 5.12. The number of methoxy groups -OCH3 is 1. The zero-order valence-corrected chi connectivity index (χ0v) is 18.8. The van der Waals surface area contributed by atoms with Gasteiger partial charge in [-0.05, 0) is 59.7 Å². The normalized spacial score (nSPS) is 10.6. The number of fused-ring (bicyclic) bond motifs is 1. The molecule has 0 radical (unpaired) electrons. The van der Waals surface area contributed by atoms with E-state index in [2.05, 4.69) is 25.4 Å². The topological polar surface area (TPSA) is 149 Å². The van der Waals surface area contributed by atoms with Crippen molar-refractivity contribution < 1.29 is 24.3 Å². The van der Waals surface area contributed by atoms with Gasteiger partial charge in [-0.1, -0.05) is 12.1 Å². The van der Waals surface area contributed by atoms with E-state index in [1.165, 1.54) is 12.4 Å². The minimum atomic E-state index is -0.768. The number of aliphatic hydroxyl groups excluding tert-OH is 1. The lowest BCUT2D eigenvalue weighted by Gasteiger charge is -2.12. The molecule has 1 heterocycles. The molecule has 4 rings (SSSR count). The van der Waals surface area contributed by atoms with Gasteiger partial charge in [-0.25, -0.2) is 14.8 Å². The summed E-state index contributed by atoms with van der Waals surface area (Å²) in [5.74, 6) is 5.18. The lowest BCUT2D eigenvalue weighted by Crippen LogP contribution is -2.13. The molecule has 10 heteroatoms. The first-order valence-corrected chi connectivity index (χ1v) is 10.6. The Balaban J connectivity index is 1.53. The van der Waals surface area contributed by atoms with Crippen LogP contribution in [0.2, 0.25) is 0 Å². The SMILES string of the molecule is COc1ccc(C(=O)Nc2cccc(CNc3ncnc4c(C(=O)ON)cc(CO)cc34)c2)cc1. The Hall–Kier alpha value is -4.54. The molecule has 0 bridgehead atoms. The molecule has 4 aromatic rings. The Morgan fingerprint density at radius 1 is 1.03 bits per heavy atom. The van der Waals surface area contributed by atoms with Gasteiger partial charge in [-0.2, -0.15) is 5.90 Å². The fourth-order valence-electron chi connectivity index (χ4n) is 3.57. The van der Waals surface area contributed by atoms with Crippen LogP contribution in [0.25, 0.3) is 10.9 Å². The zero-order chi connectivity index (χ0) is 24.8. The lowest BCUT2D eigenvalue weighted by atomic mass is 10.1. The number of anilines is 2. The Morgan fingerprint density at radius 3 is 2.54 bits per heavy atom. The standard InChI is InChI=1S/C25H23N5O5/c1-34-19-7-5-17(6-8-19)24(32)30-18-4-2-3-15(9-18)12-27-23-20-10-16(13-31)11-21(25(33)35-26)22(20)28-14-29-23/h2-11,14,31H,12-13,26H2,1H3,(H,30,32)(H,27,28,29). The summed E-state index contributed by atoms with van der Waals surface area (Å²) in [6, 6.07) is 17.4. The van der Waals surface area contributed by atoms with Gasteiger partial charge in [0.15, 0.2) is 0 Å². The van der Waals surface area contributed by atoms with Gasteiger partial charge >= 0.3 is 5.97 Å². The Bertz CT molecular complexity index is 1370. The van der Waals surface area contributed by atoms with Gasteiger partial charge in [0.2, 0.25) is 0 Å². The maximum absolute atomic E-state index is 12.6. The van der Waals surface area contributed by atoms with E-state index in [4.69, 9.17) is 10.6 Å². The molecule has 35 heavy (non-hydrogen) atoms. The van der Waals surface area contributed by atoms with Crippen LogP contribution in [0.3, 0.4) is 0 Å². The predicted octanol–water partition coefficient (Wildman–Crippen LogP) is 3.03. The monoisotopic (exact) mass is 473 g/mol. The third-order valence-corrected chi connectivity index (χ3v) is 5.31. The van der Waals surface area contributed by atoms with Crippen molar-refractivity contribution in [3.8, 4) is 5.75 Å². The van der Waals surface area contributed by atoms with Gasteiger partial charge in [-0.3, -0.25) is 4.79 Å². The van der Waals surface area contributed by atoms with Crippen molar-refractivity contribution >= 4 is 34.3 Å². The quantitative estimate of drug-likeness (QED) is 0.283. The minimum Gasteiger partial charge on any atom is -0.497 e. The van der Waals surface area contributed by atoms with Gasteiger partial charge in [-0.15, -0.1) is 0 Å². The summed E-state index contributed by atoms with van der Waals surface area (Å²) >= 11 is 0. The molecule has 1 amide bonds. The van der Waals surface area contributed by atoms with E-state index in [9.17, 15) is 14.7 Å². The number of nitrogens with zero attached hydrogens (tertiary/aromatic N) is 2. The largest absolute Gasteiger partial charge is 0.497 e. The number of benzene rings is 3. The maximum atomic E-state index is 12.6. The van der Waals surface area contributed by atoms with Gasteiger partial charge in [0.25, 0.3) is 5.91 Å². The third-order valence-electron chi connectivity index (χ3n) is 5.31. The number of hydrogen-bond donors (Lipinski definition) is 4. The van der Waals surface area contributed by atoms with E-state index < -0.39 is 5.97 Å². The number of amides is 1. The van der Waals surface area contributed by atoms with Gasteiger partial charge < -0.3 is 25.3 Å². The average molecular weight is 473 g/mol. The number of carbonyl (C=O) groups is 2. The highest BCUT2D eigenvalue weighted by atomic mass is 16.7. The number of aliphatic hydroxyl groups is 1. The number of rotatable bonds is 8. The highest BCUT2D eigenvalue weighted by Gasteiger charge is 2.16. The molecule has 0 fully saturated rings. The molecule has 10 nitrogen and oxygen atoms in total. The van der Waals surface area contributed by atoms with E-state index >= 15 is 0 Å². The zero-order valence-electron chi connectivity index (χ0n) is 18.8. The molecule has 178 valence electrons. The summed E-state index contributed by atoms with van der Waals surface area (Å²) in [7, 11) is 1.57. The molecule has 3 aromatic carbocycles. The van der Waals surface area contributed by atoms with Crippen LogP contribution in [-0.4, -0.2) is 34.1 Å². The smallest absolute Gasteiger partial charge is 0.358 e. The number of hydrogen-bond acceptors (Lipinski definition) is 9. The van der Waals surface area contributed by atoms with Crippen LogP contribution in [0.5, 0.6) is 5.75 Å². The number of nitrogens with two attached hydrogens (primary N) is 1. The average Bonchev–Trinajstić information content (AvgIpc) is 2.91. The van der Waals surface area contributed by atoms with Crippen molar-refractivity contribution in [1.29, 1.82) is 0 Å². The van der Waals surface area contributed by atoms with Crippen molar-refractivity contribution in [2.45, 2.75) is 13.2 Å². The molecule has 1 aromatic heterocycles. The summed E-state index contributed by atoms with van der Waals surface area (Å²) in [4.78, 5) is 37.5. The molecular weight excluding hydrogens is 450 g/mol. The predicted molar refractivity (Wildman–Crippen MR) is 130 cm³/mol. The Morgan fingerprint density at radius 2 is 1.83 bits per heavy atom. The molecular formula is C25H23N5O5. The van der Waals surface area contributed by atoms with E-state index in [0.717, 1.165) is 5.56 Å². The second-order valence-corrected chi connectivity index (χ2v) is 7.56. The Kier molecular flexibility index (Phi) is 7.15. The van der Waals surface area contributed by atoms with Gasteiger partial charge in [0, 0.05) is 23.2 Å².